The number of anilines is 1. The molecule has 8 heteroatoms. The molecule has 1 atom stereocenters. The zero-order valence-corrected chi connectivity index (χ0v) is 21.2. The van der Waals surface area contributed by atoms with Gasteiger partial charge in [0.25, 0.3) is 0 Å². The van der Waals surface area contributed by atoms with Crippen LogP contribution in [-0.2, 0) is 11.4 Å². The van der Waals surface area contributed by atoms with Crippen molar-refractivity contribution in [3.05, 3.63) is 101 Å². The molecule has 5 rings (SSSR count). The van der Waals surface area contributed by atoms with Crippen molar-refractivity contribution in [2.75, 3.05) is 12.3 Å². The molecule has 0 aliphatic carbocycles. The Balaban J connectivity index is 1.62. The van der Waals surface area contributed by atoms with Gasteiger partial charge in [0, 0.05) is 28.9 Å². The number of carbonyl (C=O) groups excluding carboxylic acids is 1. The first-order chi connectivity index (χ1) is 17.9. The van der Waals surface area contributed by atoms with Crippen LogP contribution in [0.1, 0.15) is 53.3 Å². The molecule has 3 aromatic carbocycles. The van der Waals surface area contributed by atoms with E-state index in [1.165, 1.54) is 0 Å². The van der Waals surface area contributed by atoms with Gasteiger partial charge >= 0.3 is 0 Å². The highest BCUT2D eigenvalue weighted by molar-refractivity contribution is 6.15. The first-order valence-corrected chi connectivity index (χ1v) is 12.4. The highest BCUT2D eigenvalue weighted by Crippen LogP contribution is 2.34. The largest absolute Gasteiger partial charge is 0.489 e. The number of nitrogen functional groups attached to an aromatic ring is 1. The van der Waals surface area contributed by atoms with Crippen molar-refractivity contribution in [3.63, 3.8) is 0 Å². The number of nitrogens with one attached hydrogen (secondary N) is 1. The molecule has 0 bridgehead atoms. The number of carbonyl (C=O) groups is 1. The number of benzene rings is 3. The second-order valence-electron chi connectivity index (χ2n) is 9.12. The SMILES string of the molecule is CCNC(=O)C[C@@H]1N=C(c2ccc(C)cc2)c2cc(OCc3ccccc3N)ccc2-n2c(C)nnc21. The van der Waals surface area contributed by atoms with Crippen molar-refractivity contribution in [2.45, 2.75) is 39.8 Å². The standard InChI is InChI=1S/C29H30N6O2/c1-4-31-27(36)16-25-29-34-33-19(3)35(29)26-14-13-22(37-17-21-7-5-6-8-24(21)30)15-23(26)28(32-25)20-11-9-18(2)10-12-20/h5-15,25H,4,16-17,30H2,1-3H3,(H,31,36)/t25-/m0/s1. The van der Waals surface area contributed by atoms with Crippen molar-refractivity contribution in [1.29, 1.82) is 0 Å². The lowest BCUT2D eigenvalue weighted by Gasteiger charge is -2.15. The summed E-state index contributed by atoms with van der Waals surface area (Å²) in [6.07, 6.45) is 0.173. The van der Waals surface area contributed by atoms with E-state index in [9.17, 15) is 4.79 Å². The quantitative estimate of drug-likeness (QED) is 0.369. The van der Waals surface area contributed by atoms with Gasteiger partial charge in [-0.3, -0.25) is 14.4 Å². The van der Waals surface area contributed by atoms with Gasteiger partial charge in [0.05, 0.1) is 17.8 Å². The Bertz CT molecular complexity index is 1470. The molecule has 1 aliphatic rings. The number of aryl methyl sites for hydroxylation is 2. The number of hydrogen-bond acceptors (Lipinski definition) is 6. The van der Waals surface area contributed by atoms with Crippen LogP contribution in [0.4, 0.5) is 5.69 Å². The van der Waals surface area contributed by atoms with Gasteiger partial charge in [-0.2, -0.15) is 0 Å². The molecule has 1 aromatic heterocycles. The molecule has 0 saturated heterocycles. The van der Waals surface area contributed by atoms with Gasteiger partial charge < -0.3 is 15.8 Å². The summed E-state index contributed by atoms with van der Waals surface area (Å²) in [4.78, 5) is 17.8. The number of hydrogen-bond donors (Lipinski definition) is 2. The zero-order valence-electron chi connectivity index (χ0n) is 21.2. The molecule has 0 saturated carbocycles. The van der Waals surface area contributed by atoms with Crippen molar-refractivity contribution in [3.8, 4) is 11.4 Å². The summed E-state index contributed by atoms with van der Waals surface area (Å²) in [5.41, 5.74) is 12.4. The summed E-state index contributed by atoms with van der Waals surface area (Å²) >= 11 is 0. The Hall–Kier alpha value is -4.46. The molecule has 4 aromatic rings. The molecule has 1 amide bonds. The fourth-order valence-electron chi connectivity index (χ4n) is 4.51. The topological polar surface area (TPSA) is 107 Å². The van der Waals surface area contributed by atoms with E-state index >= 15 is 0 Å². The average Bonchev–Trinajstić information content (AvgIpc) is 3.21. The van der Waals surface area contributed by atoms with E-state index in [0.29, 0.717) is 30.4 Å². The number of nitrogens with zero attached hydrogens (tertiary/aromatic N) is 4. The average molecular weight is 495 g/mol. The number of nitrogens with two attached hydrogens (primary N) is 1. The van der Waals surface area contributed by atoms with Gasteiger partial charge in [0.1, 0.15) is 24.2 Å². The minimum atomic E-state index is -0.495. The van der Waals surface area contributed by atoms with E-state index in [2.05, 4.69) is 46.7 Å². The lowest BCUT2D eigenvalue weighted by Crippen LogP contribution is -2.25. The molecule has 2 heterocycles. The zero-order chi connectivity index (χ0) is 25.9. The molecule has 0 unspecified atom stereocenters. The van der Waals surface area contributed by atoms with Crippen LogP contribution in [0.15, 0.2) is 71.7 Å². The first kappa shape index (κ1) is 24.2. The van der Waals surface area contributed by atoms with E-state index in [0.717, 1.165) is 39.5 Å². The lowest BCUT2D eigenvalue weighted by molar-refractivity contribution is -0.121. The Morgan fingerprint density at radius 3 is 2.59 bits per heavy atom. The van der Waals surface area contributed by atoms with E-state index in [4.69, 9.17) is 15.5 Å². The van der Waals surface area contributed by atoms with Crippen molar-refractivity contribution in [2.24, 2.45) is 4.99 Å². The molecule has 3 N–H and O–H groups in total. The highest BCUT2D eigenvalue weighted by atomic mass is 16.5. The van der Waals surface area contributed by atoms with Crippen molar-refractivity contribution < 1.29 is 9.53 Å². The number of ether oxygens (including phenoxy) is 1. The van der Waals surface area contributed by atoms with E-state index in [-0.39, 0.29) is 12.3 Å². The second kappa shape index (κ2) is 10.3. The number of rotatable bonds is 7. The fourth-order valence-corrected chi connectivity index (χ4v) is 4.51. The molecular weight excluding hydrogens is 464 g/mol. The lowest BCUT2D eigenvalue weighted by atomic mass is 9.99. The molecule has 1 aliphatic heterocycles. The van der Waals surface area contributed by atoms with Gasteiger partial charge in [-0.15, -0.1) is 10.2 Å². The minimum absolute atomic E-state index is 0.0814. The predicted molar refractivity (Wildman–Crippen MR) is 144 cm³/mol. The molecule has 188 valence electrons. The normalized spacial score (nSPS) is 14.2. The fraction of sp³-hybridized carbons (Fsp3) is 0.241. The molecule has 37 heavy (non-hydrogen) atoms. The highest BCUT2D eigenvalue weighted by Gasteiger charge is 2.30. The summed E-state index contributed by atoms with van der Waals surface area (Å²) in [6.45, 7) is 6.76. The smallest absolute Gasteiger partial charge is 0.222 e. The van der Waals surface area contributed by atoms with Crippen molar-refractivity contribution in [1.82, 2.24) is 20.1 Å². The Kier molecular flexibility index (Phi) is 6.72. The predicted octanol–water partition coefficient (Wildman–Crippen LogP) is 4.46. The monoisotopic (exact) mass is 494 g/mol. The van der Waals surface area contributed by atoms with Gasteiger partial charge in [-0.1, -0.05) is 48.0 Å². The van der Waals surface area contributed by atoms with Gasteiger partial charge in [0.15, 0.2) is 5.82 Å². The summed E-state index contributed by atoms with van der Waals surface area (Å²) in [5.74, 6) is 1.97. The maximum Gasteiger partial charge on any atom is 0.222 e. The summed E-state index contributed by atoms with van der Waals surface area (Å²) < 4.78 is 8.16. The van der Waals surface area contributed by atoms with Crippen LogP contribution in [0.25, 0.3) is 5.69 Å². The first-order valence-electron chi connectivity index (χ1n) is 12.4. The van der Waals surface area contributed by atoms with Crippen LogP contribution in [0.2, 0.25) is 0 Å². The van der Waals surface area contributed by atoms with Gasteiger partial charge in [-0.25, -0.2) is 0 Å². The van der Waals surface area contributed by atoms with Crippen molar-refractivity contribution >= 4 is 17.3 Å². The van der Waals surface area contributed by atoms with E-state index in [1.54, 1.807) is 0 Å². The molecule has 8 nitrogen and oxygen atoms in total. The van der Waals surface area contributed by atoms with E-state index < -0.39 is 6.04 Å². The van der Waals surface area contributed by atoms with Crippen LogP contribution in [0.3, 0.4) is 0 Å². The molecule has 0 radical (unpaired) electrons. The summed E-state index contributed by atoms with van der Waals surface area (Å²) in [7, 11) is 0. The second-order valence-corrected chi connectivity index (χ2v) is 9.12. The van der Waals surface area contributed by atoms with Crippen LogP contribution >= 0.6 is 0 Å². The molecular formula is C29H30N6O2. The van der Waals surface area contributed by atoms with E-state index in [1.807, 2.05) is 60.9 Å². The third kappa shape index (κ3) is 4.95. The maximum absolute atomic E-state index is 12.6. The number of aromatic nitrogens is 3. The van der Waals surface area contributed by atoms with Gasteiger partial charge in [0.2, 0.25) is 5.91 Å². The number of amides is 1. The summed E-state index contributed by atoms with van der Waals surface area (Å²) in [5, 5.41) is 11.7. The minimum Gasteiger partial charge on any atom is -0.489 e. The Morgan fingerprint density at radius 1 is 1.05 bits per heavy atom. The number of para-hydroxylation sites is 1. The molecule has 0 spiro atoms. The summed E-state index contributed by atoms with van der Waals surface area (Å²) in [6, 6.07) is 21.3. The third-order valence-electron chi connectivity index (χ3n) is 6.42. The Labute approximate surface area is 216 Å². The number of aliphatic imine (C=N–C) groups is 1. The third-order valence-corrected chi connectivity index (χ3v) is 6.42. The van der Waals surface area contributed by atoms with Crippen LogP contribution in [0.5, 0.6) is 5.75 Å². The van der Waals surface area contributed by atoms with Crippen LogP contribution in [0, 0.1) is 13.8 Å². The maximum atomic E-state index is 12.6. The van der Waals surface area contributed by atoms with Crippen LogP contribution in [-0.4, -0.2) is 32.9 Å². The molecule has 0 fully saturated rings. The Morgan fingerprint density at radius 2 is 1.84 bits per heavy atom. The van der Waals surface area contributed by atoms with Gasteiger partial charge in [-0.05, 0) is 45.0 Å². The van der Waals surface area contributed by atoms with Crippen LogP contribution < -0.4 is 15.8 Å². The number of fused-ring (bicyclic) bond motifs is 3.